The molecule has 2 N–H and O–H groups in total. The Morgan fingerprint density at radius 2 is 2.18 bits per heavy atom. The minimum absolute atomic E-state index is 0.00502. The van der Waals surface area contributed by atoms with E-state index in [1.54, 1.807) is 0 Å². The van der Waals surface area contributed by atoms with Crippen LogP contribution >= 0.6 is 0 Å². The molecule has 0 spiro atoms. The molecule has 0 amide bonds. The number of nitrogens with one attached hydrogen (secondary N) is 1. The number of aliphatic hydroxyl groups excluding tert-OH is 1. The van der Waals surface area contributed by atoms with Gasteiger partial charge in [0.2, 0.25) is 0 Å². The highest BCUT2D eigenvalue weighted by atomic mass is 16.5. The molecule has 0 unspecified atom stereocenters. The van der Waals surface area contributed by atoms with Gasteiger partial charge < -0.3 is 15.2 Å². The van der Waals surface area contributed by atoms with Gasteiger partial charge in [0.15, 0.2) is 0 Å². The average Bonchev–Trinajstić information content (AvgIpc) is 3.00. The summed E-state index contributed by atoms with van der Waals surface area (Å²) in [5, 5.41) is 14.1. The second kappa shape index (κ2) is 6.63. The Labute approximate surface area is 131 Å². The lowest BCUT2D eigenvalue weighted by atomic mass is 9.93. The van der Waals surface area contributed by atoms with Crippen LogP contribution in [0.1, 0.15) is 25.8 Å². The van der Waals surface area contributed by atoms with Crippen LogP contribution in [0.5, 0.6) is 0 Å². The van der Waals surface area contributed by atoms with Crippen molar-refractivity contribution in [1.82, 2.24) is 4.98 Å². The molecule has 0 radical (unpaired) electrons. The molecule has 1 aromatic carbocycles. The van der Waals surface area contributed by atoms with Crippen molar-refractivity contribution < 1.29 is 9.84 Å². The van der Waals surface area contributed by atoms with E-state index in [-0.39, 0.29) is 6.61 Å². The van der Waals surface area contributed by atoms with Crippen molar-refractivity contribution in [2.75, 3.05) is 18.5 Å². The lowest BCUT2D eigenvalue weighted by molar-refractivity contribution is 0.0566. The molecule has 1 aromatic heterocycles. The number of hydrogen-bond donors (Lipinski definition) is 2. The van der Waals surface area contributed by atoms with Gasteiger partial charge in [0.1, 0.15) is 5.82 Å². The maximum Gasteiger partial charge on any atom is 0.132 e. The number of hydrogen-bond acceptors (Lipinski definition) is 4. The second-order valence-electron chi connectivity index (χ2n) is 6.36. The second-order valence-corrected chi connectivity index (χ2v) is 6.36. The summed E-state index contributed by atoms with van der Waals surface area (Å²) in [5.74, 6) is 1.81. The molecule has 4 nitrogen and oxygen atoms in total. The van der Waals surface area contributed by atoms with Crippen LogP contribution in [0.15, 0.2) is 30.3 Å². The van der Waals surface area contributed by atoms with E-state index in [2.05, 4.69) is 24.1 Å². The van der Waals surface area contributed by atoms with Gasteiger partial charge in [0, 0.05) is 30.0 Å². The maximum absolute atomic E-state index is 9.61. The number of nitrogens with zero attached hydrogens (tertiary/aromatic N) is 1. The summed E-state index contributed by atoms with van der Waals surface area (Å²) in [6, 6.07) is 10.00. The van der Waals surface area contributed by atoms with Crippen molar-refractivity contribution in [2.45, 2.75) is 33.0 Å². The van der Waals surface area contributed by atoms with Gasteiger partial charge >= 0.3 is 0 Å². The van der Waals surface area contributed by atoms with Gasteiger partial charge in [-0.1, -0.05) is 32.0 Å². The molecule has 1 aliphatic rings. The first-order valence-corrected chi connectivity index (χ1v) is 8.04. The Morgan fingerprint density at radius 1 is 1.36 bits per heavy atom. The monoisotopic (exact) mass is 300 g/mol. The number of fused-ring (bicyclic) bond motifs is 1. The van der Waals surface area contributed by atoms with E-state index in [1.165, 1.54) is 0 Å². The molecule has 22 heavy (non-hydrogen) atoms. The number of anilines is 1. The molecule has 4 heteroatoms. The number of para-hydroxylation sites is 1. The van der Waals surface area contributed by atoms with Crippen LogP contribution in [-0.4, -0.2) is 29.3 Å². The third kappa shape index (κ3) is 3.08. The largest absolute Gasteiger partial charge is 0.392 e. The molecule has 1 aliphatic heterocycles. The van der Waals surface area contributed by atoms with E-state index in [1.807, 2.05) is 30.3 Å². The predicted octanol–water partition coefficient (Wildman–Crippen LogP) is 3.20. The Balaban J connectivity index is 1.78. The van der Waals surface area contributed by atoms with Crippen LogP contribution in [0.25, 0.3) is 10.9 Å². The topological polar surface area (TPSA) is 54.4 Å². The summed E-state index contributed by atoms with van der Waals surface area (Å²) in [7, 11) is 0. The van der Waals surface area contributed by atoms with Crippen molar-refractivity contribution in [2.24, 2.45) is 11.8 Å². The fraction of sp³-hybridized carbons (Fsp3) is 0.500. The van der Waals surface area contributed by atoms with E-state index < -0.39 is 0 Å². The Kier molecular flexibility index (Phi) is 4.60. The quantitative estimate of drug-likeness (QED) is 0.890. The normalized spacial score (nSPS) is 21.6. The number of pyridine rings is 1. The lowest BCUT2D eigenvalue weighted by Gasteiger charge is -2.23. The molecule has 2 aromatic rings. The highest BCUT2D eigenvalue weighted by Gasteiger charge is 2.30. The molecule has 2 heterocycles. The van der Waals surface area contributed by atoms with Crippen LogP contribution < -0.4 is 5.32 Å². The van der Waals surface area contributed by atoms with E-state index in [0.717, 1.165) is 41.9 Å². The van der Waals surface area contributed by atoms with Gasteiger partial charge in [-0.2, -0.15) is 0 Å². The summed E-state index contributed by atoms with van der Waals surface area (Å²) in [5.41, 5.74) is 1.80. The van der Waals surface area contributed by atoms with Gasteiger partial charge in [-0.15, -0.1) is 0 Å². The minimum atomic E-state index is -0.00502. The van der Waals surface area contributed by atoms with E-state index in [0.29, 0.717) is 17.9 Å². The first-order valence-electron chi connectivity index (χ1n) is 8.04. The Morgan fingerprint density at radius 3 is 2.95 bits per heavy atom. The molecule has 1 fully saturated rings. The van der Waals surface area contributed by atoms with Crippen molar-refractivity contribution in [3.8, 4) is 0 Å². The van der Waals surface area contributed by atoms with Crippen molar-refractivity contribution in [3.05, 3.63) is 35.9 Å². The van der Waals surface area contributed by atoms with Gasteiger partial charge in [0.25, 0.3) is 0 Å². The summed E-state index contributed by atoms with van der Waals surface area (Å²) in [4.78, 5) is 4.66. The van der Waals surface area contributed by atoms with Crippen molar-refractivity contribution >= 4 is 16.7 Å². The van der Waals surface area contributed by atoms with Crippen molar-refractivity contribution in [3.63, 3.8) is 0 Å². The molecule has 3 rings (SSSR count). The van der Waals surface area contributed by atoms with Gasteiger partial charge in [-0.3, -0.25) is 0 Å². The Hall–Kier alpha value is -1.65. The van der Waals surface area contributed by atoms with E-state index in [9.17, 15) is 5.11 Å². The van der Waals surface area contributed by atoms with Crippen LogP contribution in [0.2, 0.25) is 0 Å². The number of ether oxygens (including phenoxy) is 1. The first-order chi connectivity index (χ1) is 10.7. The summed E-state index contributed by atoms with van der Waals surface area (Å²) in [6.45, 7) is 6.08. The van der Waals surface area contributed by atoms with Gasteiger partial charge in [0.05, 0.1) is 18.2 Å². The number of rotatable bonds is 5. The fourth-order valence-corrected chi connectivity index (χ4v) is 3.27. The van der Waals surface area contributed by atoms with Crippen LogP contribution in [0, 0.1) is 11.8 Å². The van der Waals surface area contributed by atoms with E-state index >= 15 is 0 Å². The molecule has 0 bridgehead atoms. The number of aromatic nitrogens is 1. The zero-order chi connectivity index (χ0) is 15.5. The minimum Gasteiger partial charge on any atom is -0.392 e. The zero-order valence-electron chi connectivity index (χ0n) is 13.2. The third-order valence-electron chi connectivity index (χ3n) is 4.43. The van der Waals surface area contributed by atoms with E-state index in [4.69, 9.17) is 4.74 Å². The highest BCUT2D eigenvalue weighted by molar-refractivity contribution is 5.81. The van der Waals surface area contributed by atoms with Gasteiger partial charge in [-0.25, -0.2) is 4.98 Å². The lowest BCUT2D eigenvalue weighted by Crippen LogP contribution is -2.28. The highest BCUT2D eigenvalue weighted by Crippen LogP contribution is 2.28. The standard InChI is InChI=1S/C18H24N2O2/c1-12(2)17-14(7-8-22-17)10-19-18-15(11-21)9-13-5-3-4-6-16(13)20-18/h3-6,9,12,14,17,21H,7-8,10-11H2,1-2H3,(H,19,20)/t14-,17-/m1/s1. The molecule has 118 valence electrons. The summed E-state index contributed by atoms with van der Waals surface area (Å²) < 4.78 is 5.83. The van der Waals surface area contributed by atoms with Crippen LogP contribution in [0.4, 0.5) is 5.82 Å². The molecular weight excluding hydrogens is 276 g/mol. The average molecular weight is 300 g/mol. The van der Waals surface area contributed by atoms with Crippen molar-refractivity contribution in [1.29, 1.82) is 0 Å². The number of benzene rings is 1. The molecule has 0 saturated carbocycles. The fourth-order valence-electron chi connectivity index (χ4n) is 3.27. The predicted molar refractivity (Wildman–Crippen MR) is 88.8 cm³/mol. The Bertz CT molecular complexity index is 642. The maximum atomic E-state index is 9.61. The number of aliphatic hydroxyl groups is 1. The summed E-state index contributed by atoms with van der Waals surface area (Å²) >= 11 is 0. The first kappa shape index (κ1) is 15.3. The molecule has 1 saturated heterocycles. The van der Waals surface area contributed by atoms with Crippen LogP contribution in [0.3, 0.4) is 0 Å². The van der Waals surface area contributed by atoms with Gasteiger partial charge in [-0.05, 0) is 24.5 Å². The smallest absolute Gasteiger partial charge is 0.132 e. The molecular formula is C18H24N2O2. The molecule has 2 atom stereocenters. The third-order valence-corrected chi connectivity index (χ3v) is 4.43. The van der Waals surface area contributed by atoms with Crippen LogP contribution in [-0.2, 0) is 11.3 Å². The molecule has 0 aliphatic carbocycles. The zero-order valence-corrected chi connectivity index (χ0v) is 13.2. The summed E-state index contributed by atoms with van der Waals surface area (Å²) in [6.07, 6.45) is 1.39. The SMILES string of the molecule is CC(C)[C@H]1OCC[C@@H]1CNc1nc2ccccc2cc1CO.